The zero-order valence-corrected chi connectivity index (χ0v) is 12.8. The van der Waals surface area contributed by atoms with E-state index in [2.05, 4.69) is 0 Å². The van der Waals surface area contributed by atoms with Gasteiger partial charge in [-0.15, -0.1) is 0 Å². The summed E-state index contributed by atoms with van der Waals surface area (Å²) in [5.74, 6) is 0.803. The van der Waals surface area contributed by atoms with Crippen LogP contribution in [0.3, 0.4) is 0 Å². The Morgan fingerprint density at radius 2 is 1.26 bits per heavy atom. The van der Waals surface area contributed by atoms with E-state index in [1.165, 1.54) is 0 Å². The van der Waals surface area contributed by atoms with Gasteiger partial charge in [0.25, 0.3) is 0 Å². The van der Waals surface area contributed by atoms with Crippen molar-refractivity contribution in [3.63, 3.8) is 0 Å². The summed E-state index contributed by atoms with van der Waals surface area (Å²) >= 11 is 0. The summed E-state index contributed by atoms with van der Waals surface area (Å²) in [5.41, 5.74) is 4.34. The molecule has 0 heterocycles. The van der Waals surface area contributed by atoms with Gasteiger partial charge in [0.05, 0.1) is 7.11 Å². The van der Waals surface area contributed by atoms with Crippen LogP contribution in [-0.4, -0.2) is 24.3 Å². The van der Waals surface area contributed by atoms with Crippen LogP contribution in [0.15, 0.2) is 72.8 Å². The third kappa shape index (κ3) is 3.14. The van der Waals surface area contributed by atoms with Crippen molar-refractivity contribution in [3.05, 3.63) is 72.8 Å². The molecule has 0 aliphatic rings. The number of ether oxygens (including phenoxy) is 1. The minimum Gasteiger partial charge on any atom is -0.497 e. The van der Waals surface area contributed by atoms with Crippen molar-refractivity contribution in [1.29, 1.82) is 0 Å². The zero-order valence-electron chi connectivity index (χ0n) is 12.8. The van der Waals surface area contributed by atoms with Crippen molar-refractivity contribution in [2.45, 2.75) is 0 Å². The maximum Gasteiger partial charge on any atom is 0.489 e. The molecule has 3 aromatic rings. The van der Waals surface area contributed by atoms with Crippen LogP contribution in [0.5, 0.6) is 5.75 Å². The van der Waals surface area contributed by atoms with Crippen LogP contribution in [0.25, 0.3) is 22.3 Å². The topological polar surface area (TPSA) is 49.7 Å². The van der Waals surface area contributed by atoms with Crippen LogP contribution in [0.4, 0.5) is 0 Å². The average Bonchev–Trinajstić information content (AvgIpc) is 2.62. The van der Waals surface area contributed by atoms with Crippen molar-refractivity contribution in [2.75, 3.05) is 7.11 Å². The van der Waals surface area contributed by atoms with Crippen LogP contribution in [0.2, 0.25) is 0 Å². The second-order valence-corrected chi connectivity index (χ2v) is 5.24. The number of methoxy groups -OCH3 is 1. The van der Waals surface area contributed by atoms with Gasteiger partial charge in [0, 0.05) is 0 Å². The second kappa shape index (κ2) is 6.69. The van der Waals surface area contributed by atoms with Gasteiger partial charge in [0.2, 0.25) is 0 Å². The van der Waals surface area contributed by atoms with Crippen molar-refractivity contribution >= 4 is 12.6 Å². The highest BCUT2D eigenvalue weighted by Gasteiger charge is 2.18. The highest BCUT2D eigenvalue weighted by molar-refractivity contribution is 6.60. The summed E-state index contributed by atoms with van der Waals surface area (Å²) in [7, 11) is 0.136. The van der Waals surface area contributed by atoms with Crippen LogP contribution in [-0.2, 0) is 0 Å². The second-order valence-electron chi connectivity index (χ2n) is 5.24. The van der Waals surface area contributed by atoms with E-state index >= 15 is 0 Å². The third-order valence-corrected chi connectivity index (χ3v) is 3.86. The molecule has 114 valence electrons. The van der Waals surface area contributed by atoms with E-state index in [1.807, 2.05) is 60.7 Å². The van der Waals surface area contributed by atoms with Gasteiger partial charge in [-0.05, 0) is 39.8 Å². The minimum atomic E-state index is -1.50. The molecule has 0 saturated carbocycles. The Balaban J connectivity index is 2.15. The molecule has 23 heavy (non-hydrogen) atoms. The lowest BCUT2D eigenvalue weighted by atomic mass is 9.74. The van der Waals surface area contributed by atoms with E-state index in [1.54, 1.807) is 19.2 Å². The van der Waals surface area contributed by atoms with Gasteiger partial charge in [-0.1, -0.05) is 60.7 Å². The summed E-state index contributed by atoms with van der Waals surface area (Å²) in [6, 6.07) is 23.1. The summed E-state index contributed by atoms with van der Waals surface area (Å²) in [4.78, 5) is 0. The van der Waals surface area contributed by atoms with E-state index in [-0.39, 0.29) is 0 Å². The molecule has 0 radical (unpaired) electrons. The SMILES string of the molecule is COc1ccc(-c2ccccc2-c2ccccc2B(O)O)cc1. The molecule has 0 aliphatic carbocycles. The summed E-state index contributed by atoms with van der Waals surface area (Å²) in [6.07, 6.45) is 0. The summed E-state index contributed by atoms with van der Waals surface area (Å²) < 4.78 is 5.20. The number of hydrogen-bond donors (Lipinski definition) is 2. The van der Waals surface area contributed by atoms with Crippen molar-refractivity contribution < 1.29 is 14.8 Å². The Morgan fingerprint density at radius 1 is 0.696 bits per heavy atom. The number of benzene rings is 3. The standard InChI is InChI=1S/C19H17BO3/c1-23-15-12-10-14(11-13-15)16-6-2-3-7-17(16)18-8-4-5-9-19(18)20(21)22/h2-13,21-22H,1H3. The van der Waals surface area contributed by atoms with Gasteiger partial charge < -0.3 is 14.8 Å². The molecular weight excluding hydrogens is 287 g/mol. The van der Waals surface area contributed by atoms with Gasteiger partial charge in [-0.25, -0.2) is 0 Å². The first-order valence-corrected chi connectivity index (χ1v) is 7.39. The smallest absolute Gasteiger partial charge is 0.489 e. The van der Waals surface area contributed by atoms with Gasteiger partial charge in [0.1, 0.15) is 5.75 Å². The zero-order chi connectivity index (χ0) is 16.2. The number of hydrogen-bond acceptors (Lipinski definition) is 3. The highest BCUT2D eigenvalue weighted by atomic mass is 16.5. The predicted octanol–water partition coefficient (Wildman–Crippen LogP) is 2.71. The Kier molecular flexibility index (Phi) is 4.46. The van der Waals surface area contributed by atoms with Gasteiger partial charge >= 0.3 is 7.12 Å². The van der Waals surface area contributed by atoms with Gasteiger partial charge in [-0.3, -0.25) is 0 Å². The Morgan fingerprint density at radius 3 is 1.87 bits per heavy atom. The average molecular weight is 304 g/mol. The summed E-state index contributed by atoms with van der Waals surface area (Å²) in [5, 5.41) is 19.3. The maximum atomic E-state index is 9.63. The molecule has 0 spiro atoms. The first-order chi connectivity index (χ1) is 11.2. The lowest BCUT2D eigenvalue weighted by Gasteiger charge is -2.14. The largest absolute Gasteiger partial charge is 0.497 e. The Bertz CT molecular complexity index is 798. The molecule has 0 atom stereocenters. The molecule has 0 fully saturated rings. The molecule has 3 aromatic carbocycles. The third-order valence-electron chi connectivity index (χ3n) is 3.86. The quantitative estimate of drug-likeness (QED) is 0.729. The monoisotopic (exact) mass is 304 g/mol. The normalized spacial score (nSPS) is 10.4. The van der Waals surface area contributed by atoms with Crippen LogP contribution in [0, 0.1) is 0 Å². The molecule has 0 saturated heterocycles. The Labute approximate surface area is 136 Å². The fourth-order valence-corrected chi connectivity index (χ4v) is 2.71. The minimum absolute atomic E-state index is 0.494. The Hall–Kier alpha value is -2.56. The van der Waals surface area contributed by atoms with E-state index < -0.39 is 7.12 Å². The maximum absolute atomic E-state index is 9.63. The first kappa shape index (κ1) is 15.3. The molecule has 0 amide bonds. The van der Waals surface area contributed by atoms with E-state index in [9.17, 15) is 10.0 Å². The molecule has 0 aliphatic heterocycles. The van der Waals surface area contributed by atoms with E-state index in [0.717, 1.165) is 28.0 Å². The lowest BCUT2D eigenvalue weighted by Crippen LogP contribution is -2.31. The first-order valence-electron chi connectivity index (χ1n) is 7.39. The van der Waals surface area contributed by atoms with Gasteiger partial charge in [0.15, 0.2) is 0 Å². The van der Waals surface area contributed by atoms with E-state index in [0.29, 0.717) is 5.46 Å². The van der Waals surface area contributed by atoms with Crippen molar-refractivity contribution in [3.8, 4) is 28.0 Å². The molecular formula is C19H17BO3. The van der Waals surface area contributed by atoms with Crippen molar-refractivity contribution in [1.82, 2.24) is 0 Å². The fraction of sp³-hybridized carbons (Fsp3) is 0.0526. The summed E-state index contributed by atoms with van der Waals surface area (Å²) in [6.45, 7) is 0. The molecule has 2 N–H and O–H groups in total. The predicted molar refractivity (Wildman–Crippen MR) is 93.7 cm³/mol. The van der Waals surface area contributed by atoms with E-state index in [4.69, 9.17) is 4.74 Å². The van der Waals surface area contributed by atoms with Gasteiger partial charge in [-0.2, -0.15) is 0 Å². The van der Waals surface area contributed by atoms with Crippen LogP contribution >= 0.6 is 0 Å². The molecule has 0 unspecified atom stereocenters. The fourth-order valence-electron chi connectivity index (χ4n) is 2.71. The lowest BCUT2D eigenvalue weighted by molar-refractivity contribution is 0.415. The number of rotatable bonds is 4. The molecule has 3 rings (SSSR count). The van der Waals surface area contributed by atoms with Crippen molar-refractivity contribution in [2.24, 2.45) is 0 Å². The van der Waals surface area contributed by atoms with Crippen LogP contribution < -0.4 is 10.2 Å². The van der Waals surface area contributed by atoms with Crippen LogP contribution in [0.1, 0.15) is 0 Å². The molecule has 0 bridgehead atoms. The highest BCUT2D eigenvalue weighted by Crippen LogP contribution is 2.32. The molecule has 4 heteroatoms. The molecule has 3 nitrogen and oxygen atoms in total. The molecule has 0 aromatic heterocycles.